The molecular formula is C24H18F2O4. The van der Waals surface area contributed by atoms with Crippen LogP contribution in [0.25, 0.3) is 22.1 Å². The van der Waals surface area contributed by atoms with E-state index in [0.717, 1.165) is 0 Å². The number of halogens is 2. The Labute approximate surface area is 171 Å². The van der Waals surface area contributed by atoms with Crippen LogP contribution in [0.15, 0.2) is 69.9 Å². The van der Waals surface area contributed by atoms with Crippen molar-refractivity contribution in [3.63, 3.8) is 0 Å². The Morgan fingerprint density at radius 3 is 2.27 bits per heavy atom. The van der Waals surface area contributed by atoms with Crippen LogP contribution in [0.5, 0.6) is 11.5 Å². The van der Waals surface area contributed by atoms with Gasteiger partial charge < -0.3 is 13.9 Å². The third-order valence-electron chi connectivity index (χ3n) is 4.96. The van der Waals surface area contributed by atoms with Crippen LogP contribution in [-0.2, 0) is 6.61 Å². The fourth-order valence-electron chi connectivity index (χ4n) is 3.34. The van der Waals surface area contributed by atoms with E-state index in [9.17, 15) is 13.6 Å². The molecule has 0 bridgehead atoms. The number of rotatable bonds is 5. The summed E-state index contributed by atoms with van der Waals surface area (Å²) in [5, 5.41) is 0.673. The summed E-state index contributed by atoms with van der Waals surface area (Å²) in [7, 11) is 1.57. The predicted molar refractivity (Wildman–Crippen MR) is 110 cm³/mol. The number of aryl methyl sites for hydroxylation is 1. The molecule has 0 saturated carbocycles. The zero-order valence-corrected chi connectivity index (χ0v) is 16.4. The van der Waals surface area contributed by atoms with E-state index in [4.69, 9.17) is 13.9 Å². The standard InChI is InChI=1S/C24H18F2O4/c1-14-18-12-17(29-13-19-20(25)4-3-5-21(19)26)10-11-22(18)30-24(27)23(14)15-6-8-16(28-2)9-7-15/h3-12H,13H2,1-2H3. The summed E-state index contributed by atoms with van der Waals surface area (Å²) in [6.45, 7) is 1.56. The molecule has 30 heavy (non-hydrogen) atoms. The van der Waals surface area contributed by atoms with Crippen molar-refractivity contribution in [2.24, 2.45) is 0 Å². The Kier molecular flexibility index (Phi) is 5.23. The van der Waals surface area contributed by atoms with E-state index in [1.165, 1.54) is 18.2 Å². The first-order valence-corrected chi connectivity index (χ1v) is 9.25. The van der Waals surface area contributed by atoms with Crippen LogP contribution in [0.3, 0.4) is 0 Å². The Hall–Kier alpha value is -3.67. The Bertz CT molecular complexity index is 1260. The summed E-state index contributed by atoms with van der Waals surface area (Å²) in [5.41, 5.74) is 1.65. The SMILES string of the molecule is COc1ccc(-c2c(C)c3cc(OCc4c(F)cccc4F)ccc3oc2=O)cc1. The highest BCUT2D eigenvalue weighted by atomic mass is 19.1. The lowest BCUT2D eigenvalue weighted by Gasteiger charge is -2.11. The van der Waals surface area contributed by atoms with Gasteiger partial charge in [0.15, 0.2) is 0 Å². The molecule has 0 atom stereocenters. The van der Waals surface area contributed by atoms with E-state index < -0.39 is 17.3 Å². The normalized spacial score (nSPS) is 10.9. The van der Waals surface area contributed by atoms with Crippen molar-refractivity contribution in [3.8, 4) is 22.6 Å². The van der Waals surface area contributed by atoms with Gasteiger partial charge in [0, 0.05) is 5.39 Å². The van der Waals surface area contributed by atoms with Crippen molar-refractivity contribution in [1.82, 2.24) is 0 Å². The average Bonchev–Trinajstić information content (AvgIpc) is 2.74. The zero-order valence-electron chi connectivity index (χ0n) is 16.4. The van der Waals surface area contributed by atoms with Gasteiger partial charge in [-0.3, -0.25) is 0 Å². The number of hydrogen-bond donors (Lipinski definition) is 0. The molecule has 0 aliphatic heterocycles. The first kappa shape index (κ1) is 19.6. The van der Waals surface area contributed by atoms with Crippen molar-refractivity contribution in [1.29, 1.82) is 0 Å². The molecule has 6 heteroatoms. The average molecular weight is 408 g/mol. The summed E-state index contributed by atoms with van der Waals surface area (Å²) < 4.78 is 43.9. The first-order valence-electron chi connectivity index (χ1n) is 9.25. The van der Waals surface area contributed by atoms with E-state index in [-0.39, 0.29) is 12.2 Å². The molecule has 0 spiro atoms. The molecule has 0 aliphatic carbocycles. The van der Waals surface area contributed by atoms with Gasteiger partial charge >= 0.3 is 5.63 Å². The quantitative estimate of drug-likeness (QED) is 0.401. The van der Waals surface area contributed by atoms with Gasteiger partial charge in [0.1, 0.15) is 35.3 Å². The summed E-state index contributed by atoms with van der Waals surface area (Å²) >= 11 is 0. The highest BCUT2D eigenvalue weighted by Gasteiger charge is 2.15. The van der Waals surface area contributed by atoms with Crippen molar-refractivity contribution >= 4 is 11.0 Å². The maximum atomic E-state index is 13.8. The lowest BCUT2D eigenvalue weighted by molar-refractivity contribution is 0.293. The second kappa shape index (κ2) is 7.99. The number of ether oxygens (including phenoxy) is 2. The van der Waals surface area contributed by atoms with Crippen molar-refractivity contribution in [2.75, 3.05) is 7.11 Å². The summed E-state index contributed by atoms with van der Waals surface area (Å²) in [4.78, 5) is 12.6. The third-order valence-corrected chi connectivity index (χ3v) is 4.96. The zero-order chi connectivity index (χ0) is 21.3. The molecule has 0 saturated heterocycles. The van der Waals surface area contributed by atoms with E-state index >= 15 is 0 Å². The Morgan fingerprint density at radius 1 is 0.933 bits per heavy atom. The second-order valence-corrected chi connectivity index (χ2v) is 6.76. The van der Waals surface area contributed by atoms with Gasteiger partial charge in [0.2, 0.25) is 0 Å². The summed E-state index contributed by atoms with van der Waals surface area (Å²) in [5.74, 6) is -0.250. The topological polar surface area (TPSA) is 48.7 Å². The van der Waals surface area contributed by atoms with Crippen molar-refractivity contribution in [2.45, 2.75) is 13.5 Å². The fourth-order valence-corrected chi connectivity index (χ4v) is 3.34. The molecule has 0 radical (unpaired) electrons. The lowest BCUT2D eigenvalue weighted by atomic mass is 9.99. The number of benzene rings is 3. The van der Waals surface area contributed by atoms with E-state index in [0.29, 0.717) is 39.2 Å². The first-order chi connectivity index (χ1) is 14.5. The van der Waals surface area contributed by atoms with Crippen LogP contribution in [0.4, 0.5) is 8.78 Å². The van der Waals surface area contributed by atoms with Crippen LogP contribution in [0.2, 0.25) is 0 Å². The van der Waals surface area contributed by atoms with Gasteiger partial charge in [0.25, 0.3) is 0 Å². The molecule has 4 rings (SSSR count). The molecule has 1 aromatic heterocycles. The minimum absolute atomic E-state index is 0.146. The van der Waals surface area contributed by atoms with Crippen LogP contribution in [-0.4, -0.2) is 7.11 Å². The molecule has 0 fully saturated rings. The number of hydrogen-bond acceptors (Lipinski definition) is 4. The van der Waals surface area contributed by atoms with Crippen molar-refractivity contribution < 1.29 is 22.7 Å². The van der Waals surface area contributed by atoms with Gasteiger partial charge in [-0.2, -0.15) is 0 Å². The molecule has 4 nitrogen and oxygen atoms in total. The summed E-state index contributed by atoms with van der Waals surface area (Å²) in [6.07, 6.45) is 0. The monoisotopic (exact) mass is 408 g/mol. The number of methoxy groups -OCH3 is 1. The molecule has 152 valence electrons. The van der Waals surface area contributed by atoms with E-state index in [1.54, 1.807) is 49.6 Å². The van der Waals surface area contributed by atoms with Crippen LogP contribution < -0.4 is 15.1 Å². The van der Waals surface area contributed by atoms with Gasteiger partial charge in [-0.05, 0) is 60.5 Å². The van der Waals surface area contributed by atoms with E-state index in [1.807, 2.05) is 6.92 Å². The van der Waals surface area contributed by atoms with Gasteiger partial charge in [0.05, 0.1) is 18.2 Å². The minimum atomic E-state index is -0.667. The highest BCUT2D eigenvalue weighted by Crippen LogP contribution is 2.30. The molecule has 0 aliphatic rings. The lowest BCUT2D eigenvalue weighted by Crippen LogP contribution is -2.06. The molecule has 0 N–H and O–H groups in total. The van der Waals surface area contributed by atoms with Crippen LogP contribution >= 0.6 is 0 Å². The van der Waals surface area contributed by atoms with Gasteiger partial charge in [-0.25, -0.2) is 13.6 Å². The summed E-state index contributed by atoms with van der Waals surface area (Å²) in [6, 6.07) is 15.7. The maximum Gasteiger partial charge on any atom is 0.344 e. The molecule has 0 amide bonds. The minimum Gasteiger partial charge on any atom is -0.497 e. The predicted octanol–water partition coefficient (Wildman–Crippen LogP) is 5.63. The smallest absolute Gasteiger partial charge is 0.344 e. The van der Waals surface area contributed by atoms with E-state index in [2.05, 4.69) is 0 Å². The molecule has 0 unspecified atom stereocenters. The third kappa shape index (κ3) is 3.64. The van der Waals surface area contributed by atoms with Gasteiger partial charge in [-0.15, -0.1) is 0 Å². The molecule has 4 aromatic rings. The fraction of sp³-hybridized carbons (Fsp3) is 0.125. The van der Waals surface area contributed by atoms with Crippen LogP contribution in [0, 0.1) is 18.6 Å². The maximum absolute atomic E-state index is 13.8. The number of fused-ring (bicyclic) bond motifs is 1. The molecule has 3 aromatic carbocycles. The van der Waals surface area contributed by atoms with Gasteiger partial charge in [-0.1, -0.05) is 18.2 Å². The van der Waals surface area contributed by atoms with Crippen LogP contribution in [0.1, 0.15) is 11.1 Å². The largest absolute Gasteiger partial charge is 0.497 e. The highest BCUT2D eigenvalue weighted by molar-refractivity contribution is 5.87. The Morgan fingerprint density at radius 2 is 1.60 bits per heavy atom. The Balaban J connectivity index is 1.72. The molecular weight excluding hydrogens is 390 g/mol. The van der Waals surface area contributed by atoms with Crippen molar-refractivity contribution in [3.05, 3.63) is 93.8 Å². The second-order valence-electron chi connectivity index (χ2n) is 6.76. The molecule has 1 heterocycles.